The summed E-state index contributed by atoms with van der Waals surface area (Å²) in [7, 11) is 1.30. The summed E-state index contributed by atoms with van der Waals surface area (Å²) in [6.07, 6.45) is 0.615. The Kier molecular flexibility index (Phi) is 4.62. The lowest BCUT2D eigenvalue weighted by Crippen LogP contribution is -2.40. The molecule has 1 N–H and O–H groups in total. The van der Waals surface area contributed by atoms with Crippen molar-refractivity contribution in [3.05, 3.63) is 56.8 Å². The number of benzene rings is 1. The van der Waals surface area contributed by atoms with Crippen LogP contribution in [0.1, 0.15) is 36.1 Å². The third kappa shape index (κ3) is 3.17. The number of carbonyl (C=O) groups excluding carboxylic acids is 1. The second-order valence-corrected chi connectivity index (χ2v) is 6.10. The second kappa shape index (κ2) is 6.68. The smallest absolute Gasteiger partial charge is 0.409 e. The molecule has 24 heavy (non-hydrogen) atoms. The molecular formula is C16H16ClFN2O4. The van der Waals surface area contributed by atoms with Crippen LogP contribution in [0.2, 0.25) is 5.02 Å². The molecule has 8 heteroatoms. The number of ether oxygens (including phenoxy) is 1. The Bertz CT molecular complexity index is 803. The van der Waals surface area contributed by atoms with Gasteiger partial charge >= 0.3 is 6.09 Å². The minimum absolute atomic E-state index is 0.0207. The number of rotatable bonds is 2. The molecule has 0 radical (unpaired) electrons. The van der Waals surface area contributed by atoms with Gasteiger partial charge < -0.3 is 14.2 Å². The van der Waals surface area contributed by atoms with Crippen molar-refractivity contribution in [1.29, 1.82) is 0 Å². The van der Waals surface area contributed by atoms with Crippen LogP contribution in [0.5, 0.6) is 0 Å². The van der Waals surface area contributed by atoms with E-state index in [9.17, 15) is 14.0 Å². The number of carbonyl (C=O) groups is 1. The van der Waals surface area contributed by atoms with E-state index in [1.54, 1.807) is 11.0 Å². The maximum atomic E-state index is 13.8. The van der Waals surface area contributed by atoms with Gasteiger partial charge in [-0.05, 0) is 30.5 Å². The number of nitrogens with one attached hydrogen (secondary N) is 1. The van der Waals surface area contributed by atoms with Crippen LogP contribution in [-0.4, -0.2) is 29.8 Å². The number of hydrogen-bond acceptors (Lipinski definition) is 4. The van der Waals surface area contributed by atoms with Gasteiger partial charge in [-0.3, -0.25) is 4.79 Å². The van der Waals surface area contributed by atoms with Crippen molar-refractivity contribution in [3.8, 4) is 0 Å². The maximum absolute atomic E-state index is 13.8. The van der Waals surface area contributed by atoms with Gasteiger partial charge in [-0.25, -0.2) is 9.18 Å². The van der Waals surface area contributed by atoms with Crippen LogP contribution in [0.15, 0.2) is 33.6 Å². The van der Waals surface area contributed by atoms with Crippen molar-refractivity contribution in [2.75, 3.05) is 13.7 Å². The van der Waals surface area contributed by atoms with Crippen LogP contribution in [0.3, 0.4) is 0 Å². The SMILES string of the molecule is COC(=O)N1CCC(c2cc(=O)[nH]o2)CC1c1ccc(Cl)c(F)c1. The van der Waals surface area contributed by atoms with Gasteiger partial charge in [-0.2, -0.15) is 5.16 Å². The number of piperidine rings is 1. The number of nitrogens with zero attached hydrogens (tertiary/aromatic N) is 1. The molecule has 0 saturated carbocycles. The van der Waals surface area contributed by atoms with Gasteiger partial charge in [0.2, 0.25) is 0 Å². The molecule has 0 spiro atoms. The minimum atomic E-state index is -0.547. The summed E-state index contributed by atoms with van der Waals surface area (Å²) in [6.45, 7) is 0.404. The molecule has 2 heterocycles. The predicted octanol–water partition coefficient (Wildman–Crippen LogP) is 3.45. The van der Waals surface area contributed by atoms with E-state index in [1.807, 2.05) is 0 Å². The molecule has 1 aliphatic heterocycles. The van der Waals surface area contributed by atoms with Crippen molar-refractivity contribution in [2.45, 2.75) is 24.8 Å². The first-order valence-corrected chi connectivity index (χ1v) is 7.85. The normalized spacial score (nSPS) is 20.9. The Morgan fingerprint density at radius 2 is 2.25 bits per heavy atom. The van der Waals surface area contributed by atoms with E-state index in [2.05, 4.69) is 5.16 Å². The zero-order valence-electron chi connectivity index (χ0n) is 12.9. The van der Waals surface area contributed by atoms with Gasteiger partial charge in [0.15, 0.2) is 0 Å². The molecule has 2 aromatic rings. The molecule has 3 rings (SSSR count). The zero-order chi connectivity index (χ0) is 17.3. The topological polar surface area (TPSA) is 75.5 Å². The van der Waals surface area contributed by atoms with E-state index in [0.717, 1.165) is 0 Å². The van der Waals surface area contributed by atoms with Crippen molar-refractivity contribution in [3.63, 3.8) is 0 Å². The van der Waals surface area contributed by atoms with Gasteiger partial charge in [0.1, 0.15) is 11.6 Å². The summed E-state index contributed by atoms with van der Waals surface area (Å²) < 4.78 is 23.8. The molecule has 1 aromatic heterocycles. The van der Waals surface area contributed by atoms with E-state index in [0.29, 0.717) is 30.7 Å². The predicted molar refractivity (Wildman–Crippen MR) is 84.6 cm³/mol. The van der Waals surface area contributed by atoms with E-state index >= 15 is 0 Å². The van der Waals surface area contributed by atoms with Crippen LogP contribution in [-0.2, 0) is 4.74 Å². The van der Waals surface area contributed by atoms with E-state index < -0.39 is 18.0 Å². The highest BCUT2D eigenvalue weighted by Crippen LogP contribution is 2.39. The first-order valence-electron chi connectivity index (χ1n) is 7.47. The Balaban J connectivity index is 1.93. The fourth-order valence-corrected chi connectivity index (χ4v) is 3.21. The standard InChI is InChI=1S/C16H16ClFN2O4/c1-23-16(22)20-5-4-10(14-8-15(21)19-24-14)7-13(20)9-2-3-11(17)12(18)6-9/h2-3,6,8,10,13H,4-5,7H2,1H3,(H,19,21). The third-order valence-electron chi connectivity index (χ3n) is 4.29. The number of aromatic amines is 1. The highest BCUT2D eigenvalue weighted by molar-refractivity contribution is 6.30. The molecule has 128 valence electrons. The summed E-state index contributed by atoms with van der Waals surface area (Å²) >= 11 is 5.74. The summed E-state index contributed by atoms with van der Waals surface area (Å²) in [5, 5.41) is 2.29. The summed E-state index contributed by atoms with van der Waals surface area (Å²) in [5.41, 5.74) is 0.305. The minimum Gasteiger partial charge on any atom is -0.453 e. The fraction of sp³-hybridized carbons (Fsp3) is 0.375. The summed E-state index contributed by atoms with van der Waals surface area (Å²) in [4.78, 5) is 24.9. The van der Waals surface area contributed by atoms with E-state index in [-0.39, 0.29) is 16.5 Å². The molecule has 1 aromatic carbocycles. The molecule has 2 atom stereocenters. The average molecular weight is 355 g/mol. The molecule has 1 aliphatic rings. The molecule has 6 nitrogen and oxygen atoms in total. The monoisotopic (exact) mass is 354 g/mol. The highest BCUT2D eigenvalue weighted by Gasteiger charge is 2.35. The number of aromatic nitrogens is 1. The number of likely N-dealkylation sites (tertiary alicyclic amines) is 1. The lowest BCUT2D eigenvalue weighted by atomic mass is 9.86. The molecule has 1 saturated heterocycles. The van der Waals surface area contributed by atoms with E-state index in [1.165, 1.54) is 25.3 Å². The Morgan fingerprint density at radius 3 is 2.88 bits per heavy atom. The van der Waals surface area contributed by atoms with Crippen molar-refractivity contribution in [2.24, 2.45) is 0 Å². The van der Waals surface area contributed by atoms with Crippen molar-refractivity contribution >= 4 is 17.7 Å². The number of methoxy groups -OCH3 is 1. The van der Waals surface area contributed by atoms with E-state index in [4.69, 9.17) is 20.9 Å². The van der Waals surface area contributed by atoms with Gasteiger partial charge in [0, 0.05) is 18.5 Å². The van der Waals surface area contributed by atoms with Gasteiger partial charge in [0.05, 0.1) is 18.2 Å². The Hall–Kier alpha value is -2.28. The number of H-pyrrole nitrogens is 1. The van der Waals surface area contributed by atoms with Crippen LogP contribution in [0, 0.1) is 5.82 Å². The van der Waals surface area contributed by atoms with Crippen LogP contribution >= 0.6 is 11.6 Å². The molecule has 2 unspecified atom stereocenters. The van der Waals surface area contributed by atoms with Gasteiger partial charge in [-0.1, -0.05) is 17.7 Å². The number of amides is 1. The molecule has 1 fully saturated rings. The number of hydrogen-bond donors (Lipinski definition) is 1. The molecule has 1 amide bonds. The van der Waals surface area contributed by atoms with Crippen LogP contribution in [0.4, 0.5) is 9.18 Å². The summed E-state index contributed by atoms with van der Waals surface area (Å²) in [6, 6.07) is 5.46. The summed E-state index contributed by atoms with van der Waals surface area (Å²) in [5.74, 6) is -0.0770. The maximum Gasteiger partial charge on any atom is 0.409 e. The average Bonchev–Trinajstić information content (AvgIpc) is 3.02. The quantitative estimate of drug-likeness (QED) is 0.896. The molecule has 0 bridgehead atoms. The fourth-order valence-electron chi connectivity index (χ4n) is 3.09. The Labute approximate surface area is 142 Å². The molecular weight excluding hydrogens is 339 g/mol. The Morgan fingerprint density at radius 1 is 1.46 bits per heavy atom. The van der Waals surface area contributed by atoms with Gasteiger partial charge in [-0.15, -0.1) is 0 Å². The van der Waals surface area contributed by atoms with Crippen molar-refractivity contribution < 1.29 is 18.4 Å². The number of halogens is 2. The van der Waals surface area contributed by atoms with Gasteiger partial charge in [0.25, 0.3) is 5.56 Å². The lowest BCUT2D eigenvalue weighted by Gasteiger charge is -2.38. The first kappa shape index (κ1) is 16.6. The first-order chi connectivity index (χ1) is 11.5. The lowest BCUT2D eigenvalue weighted by molar-refractivity contribution is 0.0814. The third-order valence-corrected chi connectivity index (χ3v) is 4.59. The largest absolute Gasteiger partial charge is 0.453 e. The highest BCUT2D eigenvalue weighted by atomic mass is 35.5. The second-order valence-electron chi connectivity index (χ2n) is 5.69. The van der Waals surface area contributed by atoms with Crippen molar-refractivity contribution in [1.82, 2.24) is 10.1 Å². The molecule has 0 aliphatic carbocycles. The van der Waals surface area contributed by atoms with Crippen LogP contribution < -0.4 is 5.56 Å². The van der Waals surface area contributed by atoms with Crippen LogP contribution in [0.25, 0.3) is 0 Å². The zero-order valence-corrected chi connectivity index (χ0v) is 13.7.